The van der Waals surface area contributed by atoms with Gasteiger partial charge in [0.05, 0.1) is 33.9 Å². The molecule has 0 unspecified atom stereocenters. The Hall–Kier alpha value is -3.42. The van der Waals surface area contributed by atoms with Gasteiger partial charge in [-0.2, -0.15) is 14.8 Å². The normalized spacial score (nSPS) is 11.1. The molecule has 0 bridgehead atoms. The monoisotopic (exact) mass is 518 g/mol. The summed E-state index contributed by atoms with van der Waals surface area (Å²) in [5, 5.41) is 18.5. The number of nitriles is 2. The van der Waals surface area contributed by atoms with Crippen LogP contribution in [0.5, 0.6) is 5.75 Å². The van der Waals surface area contributed by atoms with Crippen molar-refractivity contribution in [1.82, 2.24) is 14.7 Å². The van der Waals surface area contributed by atoms with Crippen LogP contribution in [0.4, 0.5) is 5.13 Å². The molecule has 34 heavy (non-hydrogen) atoms. The molecule has 2 N–H and O–H groups in total. The number of benzene rings is 2. The van der Waals surface area contributed by atoms with Crippen LogP contribution in [-0.2, 0) is 10.0 Å². The van der Waals surface area contributed by atoms with Crippen LogP contribution < -0.4 is 15.6 Å². The minimum atomic E-state index is -3.92. The third-order valence-corrected chi connectivity index (χ3v) is 8.01. The van der Waals surface area contributed by atoms with Gasteiger partial charge in [-0.05, 0) is 36.4 Å². The van der Waals surface area contributed by atoms with Crippen LogP contribution in [0.1, 0.15) is 23.2 Å². The van der Waals surface area contributed by atoms with Crippen molar-refractivity contribution in [1.29, 1.82) is 10.5 Å². The smallest absolute Gasteiger partial charge is 0.269 e. The highest BCUT2D eigenvalue weighted by atomic mass is 35.5. The highest BCUT2D eigenvalue weighted by Gasteiger charge is 2.24. The Labute approximate surface area is 205 Å². The number of rotatable bonds is 10. The lowest BCUT2D eigenvalue weighted by Crippen LogP contribution is -2.33. The van der Waals surface area contributed by atoms with Gasteiger partial charge in [0.2, 0.25) is 15.2 Å². The summed E-state index contributed by atoms with van der Waals surface area (Å²) in [4.78, 5) is 16.9. The van der Waals surface area contributed by atoms with E-state index in [-0.39, 0.29) is 36.4 Å². The summed E-state index contributed by atoms with van der Waals surface area (Å²) in [6, 6.07) is 12.5. The van der Waals surface area contributed by atoms with Crippen LogP contribution in [-0.4, -0.2) is 43.8 Å². The molecular weight excluding hydrogens is 500 g/mol. The molecule has 1 amide bonds. The average Bonchev–Trinajstić information content (AvgIpc) is 3.28. The lowest BCUT2D eigenvalue weighted by Gasteiger charge is -2.20. The first-order chi connectivity index (χ1) is 16.3. The maximum Gasteiger partial charge on any atom is 0.269 e. The van der Waals surface area contributed by atoms with Crippen LogP contribution >= 0.6 is 22.9 Å². The minimum Gasteiger partial charge on any atom is -0.494 e. The summed E-state index contributed by atoms with van der Waals surface area (Å²) in [5.41, 5.74) is 6.01. The first-order valence-electron chi connectivity index (χ1n) is 9.85. The molecule has 0 radical (unpaired) electrons. The van der Waals surface area contributed by atoms with Crippen molar-refractivity contribution >= 4 is 54.2 Å². The summed E-state index contributed by atoms with van der Waals surface area (Å²) in [6.45, 7) is -0.0483. The Kier molecular flexibility index (Phi) is 8.26. The predicted octanol–water partition coefficient (Wildman–Crippen LogP) is 3.53. The molecule has 3 rings (SSSR count). The lowest BCUT2D eigenvalue weighted by molar-refractivity contribution is 0.0962. The van der Waals surface area contributed by atoms with E-state index in [0.29, 0.717) is 26.1 Å². The van der Waals surface area contributed by atoms with Gasteiger partial charge in [0.15, 0.2) is 0 Å². The Morgan fingerprint density at radius 2 is 1.79 bits per heavy atom. The third-order valence-electron chi connectivity index (χ3n) is 4.66. The van der Waals surface area contributed by atoms with E-state index < -0.39 is 15.9 Å². The fourth-order valence-electron chi connectivity index (χ4n) is 2.98. The molecule has 1 aromatic heterocycles. The van der Waals surface area contributed by atoms with Gasteiger partial charge in [0, 0.05) is 31.5 Å². The van der Waals surface area contributed by atoms with Crippen molar-refractivity contribution in [2.24, 2.45) is 0 Å². The number of nitrogens with one attached hydrogen (secondary N) is 2. The number of aromatic nitrogens is 1. The maximum atomic E-state index is 12.9. The van der Waals surface area contributed by atoms with Crippen molar-refractivity contribution in [2.75, 3.05) is 25.6 Å². The number of ether oxygens (including phenoxy) is 1. The van der Waals surface area contributed by atoms with E-state index in [1.165, 1.54) is 42.7 Å². The third kappa shape index (κ3) is 5.55. The first-order valence-corrected chi connectivity index (χ1v) is 12.5. The van der Waals surface area contributed by atoms with Crippen molar-refractivity contribution in [3.63, 3.8) is 0 Å². The molecule has 0 fully saturated rings. The molecule has 0 aliphatic carbocycles. The highest BCUT2D eigenvalue weighted by Crippen LogP contribution is 2.37. The van der Waals surface area contributed by atoms with Gasteiger partial charge in [-0.1, -0.05) is 22.9 Å². The van der Waals surface area contributed by atoms with E-state index in [1.54, 1.807) is 12.1 Å². The maximum absolute atomic E-state index is 12.9. The van der Waals surface area contributed by atoms with Crippen LogP contribution in [0.3, 0.4) is 0 Å². The Morgan fingerprint density at radius 3 is 2.38 bits per heavy atom. The number of halogens is 1. The SMILES string of the molecule is COc1ccc(Cl)c2sc(NNC(=O)c3ccc(S(=O)(=O)N(CCC#N)CCC#N)cc3)nc12. The van der Waals surface area contributed by atoms with Crippen LogP contribution in [0.15, 0.2) is 41.3 Å². The number of carbonyl (C=O) groups excluding carboxylic acids is 1. The van der Waals surface area contributed by atoms with Crippen molar-refractivity contribution in [3.8, 4) is 17.9 Å². The summed E-state index contributed by atoms with van der Waals surface area (Å²) >= 11 is 7.44. The van der Waals surface area contributed by atoms with E-state index in [1.807, 2.05) is 12.1 Å². The number of hydrogen-bond donors (Lipinski definition) is 2. The van der Waals surface area contributed by atoms with Crippen LogP contribution in [0, 0.1) is 22.7 Å². The van der Waals surface area contributed by atoms with Crippen molar-refractivity contribution in [2.45, 2.75) is 17.7 Å². The van der Waals surface area contributed by atoms with Gasteiger partial charge in [-0.25, -0.2) is 13.4 Å². The molecule has 0 saturated heterocycles. The van der Waals surface area contributed by atoms with Crippen molar-refractivity contribution < 1.29 is 17.9 Å². The van der Waals surface area contributed by atoms with E-state index in [9.17, 15) is 13.2 Å². The molecule has 3 aromatic rings. The topological polar surface area (TPSA) is 148 Å². The molecule has 0 aliphatic heterocycles. The van der Waals surface area contributed by atoms with Gasteiger partial charge in [0.1, 0.15) is 11.3 Å². The molecule has 10 nitrogen and oxygen atoms in total. The second-order valence-electron chi connectivity index (χ2n) is 6.77. The molecular formula is C21H19ClN6O4S2. The summed E-state index contributed by atoms with van der Waals surface area (Å²) in [5.74, 6) is 0.0393. The quantitative estimate of drug-likeness (QED) is 0.387. The molecule has 13 heteroatoms. The molecule has 176 valence electrons. The largest absolute Gasteiger partial charge is 0.494 e. The standard InChI is InChI=1S/C21H19ClN6O4S2/c1-32-17-9-8-16(22)19-18(17)25-21(33-19)27-26-20(29)14-4-6-15(7-5-14)34(30,31)28(12-2-10-23)13-3-11-24/h4-9H,2-3,12-13H2,1H3,(H,25,27)(H,26,29). The van der Waals surface area contributed by atoms with Crippen LogP contribution in [0.2, 0.25) is 5.02 Å². The van der Waals surface area contributed by atoms with E-state index in [0.717, 1.165) is 4.31 Å². The van der Waals surface area contributed by atoms with E-state index in [4.69, 9.17) is 26.9 Å². The Bertz CT molecular complexity index is 1360. The minimum absolute atomic E-state index is 0.000327. The highest BCUT2D eigenvalue weighted by molar-refractivity contribution is 7.89. The fraction of sp³-hybridized carbons (Fsp3) is 0.238. The van der Waals surface area contributed by atoms with E-state index in [2.05, 4.69) is 15.8 Å². The van der Waals surface area contributed by atoms with Crippen LogP contribution in [0.25, 0.3) is 10.2 Å². The van der Waals surface area contributed by atoms with Gasteiger partial charge < -0.3 is 4.74 Å². The molecule has 0 saturated carbocycles. The Balaban J connectivity index is 1.71. The number of anilines is 1. The zero-order chi connectivity index (χ0) is 24.7. The molecule has 2 aromatic carbocycles. The predicted molar refractivity (Wildman–Crippen MR) is 128 cm³/mol. The zero-order valence-electron chi connectivity index (χ0n) is 17.9. The summed E-state index contributed by atoms with van der Waals surface area (Å²) < 4.78 is 32.8. The molecule has 1 heterocycles. The summed E-state index contributed by atoms with van der Waals surface area (Å²) in [6.07, 6.45) is -0.000654. The fourth-order valence-corrected chi connectivity index (χ4v) is 5.53. The van der Waals surface area contributed by atoms with Gasteiger partial charge in [-0.15, -0.1) is 0 Å². The summed E-state index contributed by atoms with van der Waals surface area (Å²) in [7, 11) is -2.40. The number of carbonyl (C=O) groups is 1. The number of nitrogens with zero attached hydrogens (tertiary/aromatic N) is 4. The number of amides is 1. The number of thiazole rings is 1. The molecule has 0 aliphatic rings. The number of hydrogen-bond acceptors (Lipinski definition) is 9. The second-order valence-corrected chi connectivity index (χ2v) is 10.1. The Morgan fingerprint density at radius 1 is 1.15 bits per heavy atom. The van der Waals surface area contributed by atoms with Gasteiger partial charge in [-0.3, -0.25) is 15.6 Å². The zero-order valence-corrected chi connectivity index (χ0v) is 20.3. The van der Waals surface area contributed by atoms with Gasteiger partial charge >= 0.3 is 0 Å². The first kappa shape index (κ1) is 25.2. The number of methoxy groups -OCH3 is 1. The molecule has 0 spiro atoms. The average molecular weight is 519 g/mol. The molecule has 0 atom stereocenters. The number of hydrazine groups is 1. The van der Waals surface area contributed by atoms with Gasteiger partial charge in [0.25, 0.3) is 5.91 Å². The van der Waals surface area contributed by atoms with Crippen molar-refractivity contribution in [3.05, 3.63) is 47.0 Å². The number of sulfonamides is 1. The van der Waals surface area contributed by atoms with E-state index >= 15 is 0 Å². The second kappa shape index (κ2) is 11.1. The lowest BCUT2D eigenvalue weighted by atomic mass is 10.2. The number of fused-ring (bicyclic) bond motifs is 1.